The van der Waals surface area contributed by atoms with Gasteiger partial charge in [0.15, 0.2) is 5.96 Å². The van der Waals surface area contributed by atoms with Crippen LogP contribution in [0.15, 0.2) is 29.3 Å². The van der Waals surface area contributed by atoms with Gasteiger partial charge in [-0.25, -0.2) is 0 Å². The van der Waals surface area contributed by atoms with Crippen LogP contribution >= 0.6 is 24.0 Å². The molecule has 0 radical (unpaired) electrons. The molecule has 24 heavy (non-hydrogen) atoms. The molecular weight excluding hydrogens is 413 g/mol. The lowest BCUT2D eigenvalue weighted by molar-refractivity contribution is 0.398. The van der Waals surface area contributed by atoms with E-state index >= 15 is 0 Å². The Hall–Kier alpha value is -0.980. The van der Waals surface area contributed by atoms with Gasteiger partial charge in [-0.05, 0) is 43.4 Å². The number of hydrogen-bond acceptors (Lipinski definition) is 2. The Labute approximate surface area is 163 Å². The fourth-order valence-electron chi connectivity index (χ4n) is 4.08. The van der Waals surface area contributed by atoms with Crippen LogP contribution in [0.5, 0.6) is 5.75 Å². The molecule has 4 nitrogen and oxygen atoms in total. The first-order chi connectivity index (χ1) is 11.3. The SMILES string of the molecule is CN=C(NCC1(c2cccc(OC)c2)CCCC1)N1CCCC1.I. The second-order valence-corrected chi connectivity index (χ2v) is 6.81. The van der Waals surface area contributed by atoms with E-state index < -0.39 is 0 Å². The van der Waals surface area contributed by atoms with Crippen LogP contribution in [0, 0.1) is 0 Å². The molecule has 0 unspecified atom stereocenters. The highest BCUT2D eigenvalue weighted by Gasteiger charge is 2.36. The first-order valence-electron chi connectivity index (χ1n) is 8.87. The van der Waals surface area contributed by atoms with Gasteiger partial charge >= 0.3 is 0 Å². The lowest BCUT2D eigenvalue weighted by Gasteiger charge is -2.32. The molecule has 134 valence electrons. The molecular formula is C19H30IN3O. The average Bonchev–Trinajstić information content (AvgIpc) is 3.28. The van der Waals surface area contributed by atoms with Crippen molar-refractivity contribution in [2.45, 2.75) is 43.9 Å². The third-order valence-electron chi connectivity index (χ3n) is 5.45. The van der Waals surface area contributed by atoms with Gasteiger partial charge in [0.25, 0.3) is 0 Å². The molecule has 1 saturated carbocycles. The monoisotopic (exact) mass is 443 g/mol. The van der Waals surface area contributed by atoms with Crippen molar-refractivity contribution in [3.8, 4) is 5.75 Å². The third-order valence-corrected chi connectivity index (χ3v) is 5.45. The minimum atomic E-state index is 0. The fourth-order valence-corrected chi connectivity index (χ4v) is 4.08. The number of nitrogens with one attached hydrogen (secondary N) is 1. The molecule has 5 heteroatoms. The maximum absolute atomic E-state index is 5.44. The minimum absolute atomic E-state index is 0. The quantitative estimate of drug-likeness (QED) is 0.437. The van der Waals surface area contributed by atoms with Crippen LogP contribution < -0.4 is 10.1 Å². The third kappa shape index (κ3) is 4.16. The van der Waals surface area contributed by atoms with Gasteiger partial charge in [0.2, 0.25) is 0 Å². The van der Waals surface area contributed by atoms with Crippen LogP contribution in [-0.2, 0) is 5.41 Å². The van der Waals surface area contributed by atoms with Gasteiger partial charge in [-0.3, -0.25) is 4.99 Å². The van der Waals surface area contributed by atoms with Crippen LogP contribution in [0.2, 0.25) is 0 Å². The van der Waals surface area contributed by atoms with Crippen molar-refractivity contribution in [1.82, 2.24) is 10.2 Å². The molecule has 0 amide bonds. The summed E-state index contributed by atoms with van der Waals surface area (Å²) >= 11 is 0. The van der Waals surface area contributed by atoms with Crippen LogP contribution in [0.1, 0.15) is 44.1 Å². The molecule has 2 aliphatic rings. The molecule has 1 aliphatic carbocycles. The number of guanidine groups is 1. The Morgan fingerprint density at radius 3 is 2.54 bits per heavy atom. The van der Waals surface area contributed by atoms with Gasteiger partial charge in [-0.1, -0.05) is 25.0 Å². The van der Waals surface area contributed by atoms with Crippen LogP contribution in [0.3, 0.4) is 0 Å². The summed E-state index contributed by atoms with van der Waals surface area (Å²) in [6, 6.07) is 8.62. The van der Waals surface area contributed by atoms with Crippen molar-refractivity contribution >= 4 is 29.9 Å². The molecule has 1 aromatic carbocycles. The van der Waals surface area contributed by atoms with Crippen molar-refractivity contribution in [2.24, 2.45) is 4.99 Å². The van der Waals surface area contributed by atoms with E-state index in [-0.39, 0.29) is 29.4 Å². The van der Waals surface area contributed by atoms with Crippen molar-refractivity contribution in [3.05, 3.63) is 29.8 Å². The van der Waals surface area contributed by atoms with Gasteiger partial charge in [-0.2, -0.15) is 0 Å². The highest BCUT2D eigenvalue weighted by Crippen LogP contribution is 2.41. The second kappa shape index (κ2) is 8.92. The van der Waals surface area contributed by atoms with Crippen molar-refractivity contribution in [2.75, 3.05) is 33.8 Å². The van der Waals surface area contributed by atoms with Crippen LogP contribution in [0.4, 0.5) is 0 Å². The number of methoxy groups -OCH3 is 1. The Bertz CT molecular complexity index is 549. The molecule has 0 spiro atoms. The van der Waals surface area contributed by atoms with Gasteiger partial charge in [-0.15, -0.1) is 24.0 Å². The summed E-state index contributed by atoms with van der Waals surface area (Å²) in [5.74, 6) is 2.02. The average molecular weight is 443 g/mol. The number of aliphatic imine (C=N–C) groups is 1. The van der Waals surface area contributed by atoms with Crippen LogP contribution in [-0.4, -0.2) is 44.7 Å². The smallest absolute Gasteiger partial charge is 0.193 e. The Kier molecular flexibility index (Phi) is 7.19. The maximum Gasteiger partial charge on any atom is 0.193 e. The number of hydrogen-bond donors (Lipinski definition) is 1. The fraction of sp³-hybridized carbons (Fsp3) is 0.632. The Morgan fingerprint density at radius 2 is 1.92 bits per heavy atom. The predicted octanol–water partition coefficient (Wildman–Crippen LogP) is 3.80. The number of ether oxygens (including phenoxy) is 1. The standard InChI is InChI=1S/C19H29N3O.HI/c1-20-18(22-12-5-6-13-22)21-15-19(10-3-4-11-19)16-8-7-9-17(14-16)23-2;/h7-9,14H,3-6,10-13,15H2,1-2H3,(H,20,21);1H. The lowest BCUT2D eigenvalue weighted by atomic mass is 9.78. The van der Waals surface area contributed by atoms with E-state index in [1.807, 2.05) is 13.1 Å². The zero-order chi connectivity index (χ0) is 16.1. The van der Waals surface area contributed by atoms with Crippen molar-refractivity contribution in [3.63, 3.8) is 0 Å². The lowest BCUT2D eigenvalue weighted by Crippen LogP contribution is -2.45. The van der Waals surface area contributed by atoms with E-state index in [0.717, 1.165) is 31.3 Å². The molecule has 1 saturated heterocycles. The summed E-state index contributed by atoms with van der Waals surface area (Å²) in [5.41, 5.74) is 1.61. The van der Waals surface area contributed by atoms with E-state index in [1.165, 1.54) is 44.1 Å². The highest BCUT2D eigenvalue weighted by atomic mass is 127. The second-order valence-electron chi connectivity index (χ2n) is 6.81. The van der Waals surface area contributed by atoms with Crippen molar-refractivity contribution in [1.29, 1.82) is 0 Å². The van der Waals surface area contributed by atoms with E-state index in [0.29, 0.717) is 0 Å². The summed E-state index contributed by atoms with van der Waals surface area (Å²) in [5, 5.41) is 3.67. The molecule has 2 fully saturated rings. The number of benzene rings is 1. The summed E-state index contributed by atoms with van der Waals surface area (Å²) in [6.45, 7) is 3.22. The summed E-state index contributed by atoms with van der Waals surface area (Å²) < 4.78 is 5.44. The van der Waals surface area contributed by atoms with E-state index in [9.17, 15) is 0 Å². The van der Waals surface area contributed by atoms with Gasteiger partial charge < -0.3 is 15.0 Å². The van der Waals surface area contributed by atoms with Crippen molar-refractivity contribution < 1.29 is 4.74 Å². The molecule has 0 bridgehead atoms. The summed E-state index contributed by atoms with van der Waals surface area (Å²) in [6.07, 6.45) is 7.65. The first kappa shape index (κ1) is 19.3. The molecule has 1 aliphatic heterocycles. The molecule has 1 aromatic rings. The van der Waals surface area contributed by atoms with Gasteiger partial charge in [0.05, 0.1) is 7.11 Å². The van der Waals surface area contributed by atoms with E-state index in [1.54, 1.807) is 7.11 Å². The minimum Gasteiger partial charge on any atom is -0.497 e. The maximum atomic E-state index is 5.44. The Morgan fingerprint density at radius 1 is 1.21 bits per heavy atom. The number of halogens is 1. The first-order valence-corrected chi connectivity index (χ1v) is 8.87. The number of nitrogens with zero attached hydrogens (tertiary/aromatic N) is 2. The molecule has 1 heterocycles. The predicted molar refractivity (Wildman–Crippen MR) is 111 cm³/mol. The molecule has 3 rings (SSSR count). The zero-order valence-electron chi connectivity index (χ0n) is 14.9. The normalized spacial score (nSPS) is 19.9. The Balaban J connectivity index is 0.00000208. The van der Waals surface area contributed by atoms with Gasteiger partial charge in [0.1, 0.15) is 5.75 Å². The number of rotatable bonds is 4. The van der Waals surface area contributed by atoms with Gasteiger partial charge in [0, 0.05) is 32.1 Å². The zero-order valence-corrected chi connectivity index (χ0v) is 17.2. The highest BCUT2D eigenvalue weighted by molar-refractivity contribution is 14.0. The molecule has 0 aromatic heterocycles. The van der Waals surface area contributed by atoms with E-state index in [2.05, 4.69) is 33.4 Å². The number of likely N-dealkylation sites (tertiary alicyclic amines) is 1. The van der Waals surface area contributed by atoms with E-state index in [4.69, 9.17) is 4.74 Å². The summed E-state index contributed by atoms with van der Waals surface area (Å²) in [4.78, 5) is 6.88. The largest absolute Gasteiger partial charge is 0.497 e. The topological polar surface area (TPSA) is 36.9 Å². The summed E-state index contributed by atoms with van der Waals surface area (Å²) in [7, 11) is 3.64. The van der Waals surface area contributed by atoms with Crippen LogP contribution in [0.25, 0.3) is 0 Å². The molecule has 0 atom stereocenters. The molecule has 1 N–H and O–H groups in total.